The van der Waals surface area contributed by atoms with Crippen LogP contribution in [-0.4, -0.2) is 24.0 Å². The van der Waals surface area contributed by atoms with Gasteiger partial charge in [-0.15, -0.1) is 0 Å². The van der Waals surface area contributed by atoms with Crippen LogP contribution < -0.4 is 10.6 Å². The molecule has 0 saturated carbocycles. The molecule has 0 saturated heterocycles. The van der Waals surface area contributed by atoms with Gasteiger partial charge in [0.25, 0.3) is 5.91 Å². The van der Waals surface area contributed by atoms with Crippen LogP contribution in [0.5, 0.6) is 0 Å². The molecule has 1 amide bonds. The van der Waals surface area contributed by atoms with E-state index in [-0.39, 0.29) is 5.91 Å². The van der Waals surface area contributed by atoms with Crippen molar-refractivity contribution in [3.05, 3.63) is 58.3 Å². The zero-order chi connectivity index (χ0) is 14.4. The molecule has 20 heavy (non-hydrogen) atoms. The number of rotatable bonds is 5. The summed E-state index contributed by atoms with van der Waals surface area (Å²) in [4.78, 5) is 15.8. The third-order valence-corrected chi connectivity index (χ3v) is 3.25. The van der Waals surface area contributed by atoms with Crippen molar-refractivity contribution in [2.24, 2.45) is 0 Å². The standard InChI is InChI=1S/C14H13Cl2N3O/c15-11-4-2-1-3-10(11)14(20)19-8-7-18-13-5-6-17-9-12(13)16/h1-6,9H,7-8H2,(H,17,18)(H,19,20). The molecule has 0 atom stereocenters. The molecule has 0 unspecified atom stereocenters. The van der Waals surface area contributed by atoms with E-state index in [4.69, 9.17) is 23.2 Å². The first-order valence-corrected chi connectivity index (χ1v) is 6.80. The first-order chi connectivity index (χ1) is 9.68. The van der Waals surface area contributed by atoms with Crippen LogP contribution >= 0.6 is 23.2 Å². The summed E-state index contributed by atoms with van der Waals surface area (Å²) in [5.74, 6) is -0.196. The molecular formula is C14H13Cl2N3O. The van der Waals surface area contributed by atoms with Crippen LogP contribution in [0.25, 0.3) is 0 Å². The molecule has 0 spiro atoms. The smallest absolute Gasteiger partial charge is 0.252 e. The Balaban J connectivity index is 1.81. The number of halogens is 2. The maximum absolute atomic E-state index is 11.9. The highest BCUT2D eigenvalue weighted by Crippen LogP contribution is 2.18. The summed E-state index contributed by atoms with van der Waals surface area (Å²) < 4.78 is 0. The normalized spacial score (nSPS) is 10.1. The summed E-state index contributed by atoms with van der Waals surface area (Å²) in [5, 5.41) is 6.89. The van der Waals surface area contributed by atoms with E-state index in [2.05, 4.69) is 15.6 Å². The SMILES string of the molecule is O=C(NCCNc1ccncc1Cl)c1ccccc1Cl. The Morgan fingerprint density at radius 2 is 1.90 bits per heavy atom. The maximum Gasteiger partial charge on any atom is 0.252 e. The maximum atomic E-state index is 11.9. The van der Waals surface area contributed by atoms with E-state index in [1.807, 2.05) is 0 Å². The van der Waals surface area contributed by atoms with Crippen molar-refractivity contribution in [3.8, 4) is 0 Å². The van der Waals surface area contributed by atoms with Gasteiger partial charge in [-0.2, -0.15) is 0 Å². The van der Waals surface area contributed by atoms with Gasteiger partial charge in [0.2, 0.25) is 0 Å². The molecule has 1 aromatic heterocycles. The number of aromatic nitrogens is 1. The minimum atomic E-state index is -0.196. The molecule has 0 aliphatic rings. The number of hydrogen-bond donors (Lipinski definition) is 2. The Labute approximate surface area is 127 Å². The third-order valence-electron chi connectivity index (χ3n) is 2.62. The summed E-state index contributed by atoms with van der Waals surface area (Å²) in [6, 6.07) is 8.70. The number of pyridine rings is 1. The molecule has 4 nitrogen and oxygen atoms in total. The molecular weight excluding hydrogens is 297 g/mol. The zero-order valence-electron chi connectivity index (χ0n) is 10.6. The number of carbonyl (C=O) groups is 1. The summed E-state index contributed by atoms with van der Waals surface area (Å²) in [6.45, 7) is 1.02. The second-order valence-electron chi connectivity index (χ2n) is 4.02. The van der Waals surface area contributed by atoms with Crippen LogP contribution in [0, 0.1) is 0 Å². The van der Waals surface area contributed by atoms with Crippen molar-refractivity contribution < 1.29 is 4.79 Å². The van der Waals surface area contributed by atoms with Crippen molar-refractivity contribution in [2.75, 3.05) is 18.4 Å². The van der Waals surface area contributed by atoms with E-state index in [9.17, 15) is 4.79 Å². The van der Waals surface area contributed by atoms with Crippen LogP contribution in [0.1, 0.15) is 10.4 Å². The second kappa shape index (κ2) is 7.12. The van der Waals surface area contributed by atoms with Crippen LogP contribution in [0.15, 0.2) is 42.7 Å². The van der Waals surface area contributed by atoms with Gasteiger partial charge in [-0.1, -0.05) is 35.3 Å². The molecule has 0 aliphatic heterocycles. The fourth-order valence-corrected chi connectivity index (χ4v) is 2.04. The molecule has 2 rings (SSSR count). The first kappa shape index (κ1) is 14.6. The van der Waals surface area contributed by atoms with Gasteiger partial charge in [-0.25, -0.2) is 0 Å². The molecule has 0 bridgehead atoms. The van der Waals surface area contributed by atoms with Gasteiger partial charge in [0, 0.05) is 25.5 Å². The Bertz CT molecular complexity index is 604. The number of anilines is 1. The summed E-state index contributed by atoms with van der Waals surface area (Å²) in [7, 11) is 0. The zero-order valence-corrected chi connectivity index (χ0v) is 12.1. The van der Waals surface area contributed by atoms with Crippen molar-refractivity contribution in [1.29, 1.82) is 0 Å². The Morgan fingerprint density at radius 1 is 1.10 bits per heavy atom. The highest BCUT2D eigenvalue weighted by atomic mass is 35.5. The predicted octanol–water partition coefficient (Wildman–Crippen LogP) is 3.23. The van der Waals surface area contributed by atoms with Crippen LogP contribution in [0.3, 0.4) is 0 Å². The molecule has 2 N–H and O–H groups in total. The van der Waals surface area contributed by atoms with Crippen LogP contribution in [0.2, 0.25) is 10.0 Å². The fourth-order valence-electron chi connectivity index (χ4n) is 1.63. The number of nitrogens with zero attached hydrogens (tertiary/aromatic N) is 1. The molecule has 1 aromatic carbocycles. The minimum Gasteiger partial charge on any atom is -0.382 e. The largest absolute Gasteiger partial charge is 0.382 e. The monoisotopic (exact) mass is 309 g/mol. The van der Waals surface area contributed by atoms with Gasteiger partial charge >= 0.3 is 0 Å². The van der Waals surface area contributed by atoms with Gasteiger partial charge in [-0.05, 0) is 18.2 Å². The molecule has 1 heterocycles. The summed E-state index contributed by atoms with van der Waals surface area (Å²) in [6.07, 6.45) is 3.21. The van der Waals surface area contributed by atoms with Gasteiger partial charge in [0.15, 0.2) is 0 Å². The van der Waals surface area contributed by atoms with Crippen molar-refractivity contribution in [3.63, 3.8) is 0 Å². The minimum absolute atomic E-state index is 0.196. The van der Waals surface area contributed by atoms with E-state index in [0.717, 1.165) is 5.69 Å². The number of benzene rings is 1. The van der Waals surface area contributed by atoms with Gasteiger partial charge in [0.1, 0.15) is 0 Å². The van der Waals surface area contributed by atoms with Crippen molar-refractivity contribution in [2.45, 2.75) is 0 Å². The lowest BCUT2D eigenvalue weighted by atomic mass is 10.2. The average Bonchev–Trinajstić information content (AvgIpc) is 2.45. The lowest BCUT2D eigenvalue weighted by molar-refractivity contribution is 0.0955. The van der Waals surface area contributed by atoms with Crippen molar-refractivity contribution >= 4 is 34.8 Å². The van der Waals surface area contributed by atoms with Crippen LogP contribution in [-0.2, 0) is 0 Å². The molecule has 0 fully saturated rings. The molecule has 6 heteroatoms. The van der Waals surface area contributed by atoms with E-state index in [1.54, 1.807) is 42.7 Å². The lowest BCUT2D eigenvalue weighted by Crippen LogP contribution is -2.29. The van der Waals surface area contributed by atoms with E-state index < -0.39 is 0 Å². The van der Waals surface area contributed by atoms with E-state index in [1.165, 1.54) is 0 Å². The number of carbonyl (C=O) groups excluding carboxylic acids is 1. The number of amides is 1. The fraction of sp³-hybridized carbons (Fsp3) is 0.143. The second-order valence-corrected chi connectivity index (χ2v) is 4.83. The Kier molecular flexibility index (Phi) is 5.21. The highest BCUT2D eigenvalue weighted by Gasteiger charge is 2.08. The average molecular weight is 310 g/mol. The molecule has 0 aliphatic carbocycles. The van der Waals surface area contributed by atoms with E-state index in [0.29, 0.717) is 28.7 Å². The Morgan fingerprint density at radius 3 is 2.65 bits per heavy atom. The van der Waals surface area contributed by atoms with Crippen molar-refractivity contribution in [1.82, 2.24) is 10.3 Å². The van der Waals surface area contributed by atoms with Gasteiger partial charge in [-0.3, -0.25) is 9.78 Å². The molecule has 0 radical (unpaired) electrons. The molecule has 2 aromatic rings. The van der Waals surface area contributed by atoms with Gasteiger partial charge < -0.3 is 10.6 Å². The van der Waals surface area contributed by atoms with Gasteiger partial charge in [0.05, 0.1) is 21.3 Å². The van der Waals surface area contributed by atoms with E-state index >= 15 is 0 Å². The topological polar surface area (TPSA) is 54.0 Å². The molecule has 104 valence electrons. The quantitative estimate of drug-likeness (QED) is 0.834. The lowest BCUT2D eigenvalue weighted by Gasteiger charge is -2.09. The predicted molar refractivity (Wildman–Crippen MR) is 81.5 cm³/mol. The first-order valence-electron chi connectivity index (χ1n) is 6.04. The summed E-state index contributed by atoms with van der Waals surface area (Å²) >= 11 is 11.9. The van der Waals surface area contributed by atoms with Crippen LogP contribution in [0.4, 0.5) is 5.69 Å². The summed E-state index contributed by atoms with van der Waals surface area (Å²) in [5.41, 5.74) is 1.25. The highest BCUT2D eigenvalue weighted by molar-refractivity contribution is 6.34. The number of nitrogens with one attached hydrogen (secondary N) is 2. The Hall–Kier alpha value is -1.78. The number of hydrogen-bond acceptors (Lipinski definition) is 3. The third kappa shape index (κ3) is 3.85.